The summed E-state index contributed by atoms with van der Waals surface area (Å²) in [5.74, 6) is 1.49. The first-order valence-electron chi connectivity index (χ1n) is 8.29. The number of aryl methyl sites for hydroxylation is 1. The SMILES string of the molecule is Cc1ccc(C(C)C)c(Oc2ccc(C(F)(F)F)cc2-c2ccco2)c1. The summed E-state index contributed by atoms with van der Waals surface area (Å²) in [5.41, 5.74) is 1.52. The summed E-state index contributed by atoms with van der Waals surface area (Å²) in [6, 6.07) is 12.5. The highest BCUT2D eigenvalue weighted by Crippen LogP contribution is 2.40. The van der Waals surface area contributed by atoms with Crippen LogP contribution in [0.2, 0.25) is 0 Å². The summed E-state index contributed by atoms with van der Waals surface area (Å²) >= 11 is 0. The molecule has 5 heteroatoms. The van der Waals surface area contributed by atoms with Gasteiger partial charge in [0.05, 0.1) is 17.4 Å². The van der Waals surface area contributed by atoms with Gasteiger partial charge in [-0.05, 0) is 60.4 Å². The predicted molar refractivity (Wildman–Crippen MR) is 94.5 cm³/mol. The van der Waals surface area contributed by atoms with Crippen LogP contribution < -0.4 is 4.74 Å². The van der Waals surface area contributed by atoms with Gasteiger partial charge in [0.2, 0.25) is 0 Å². The van der Waals surface area contributed by atoms with Crippen LogP contribution in [0.4, 0.5) is 13.2 Å². The highest BCUT2D eigenvalue weighted by atomic mass is 19.4. The van der Waals surface area contributed by atoms with Gasteiger partial charge in [0, 0.05) is 0 Å². The molecule has 0 aliphatic heterocycles. The van der Waals surface area contributed by atoms with E-state index >= 15 is 0 Å². The molecule has 2 aromatic carbocycles. The molecule has 0 N–H and O–H groups in total. The molecular weight excluding hydrogens is 341 g/mol. The molecule has 136 valence electrons. The number of furan rings is 1. The fraction of sp³-hybridized carbons (Fsp3) is 0.238. The van der Waals surface area contributed by atoms with E-state index < -0.39 is 11.7 Å². The van der Waals surface area contributed by atoms with Crippen molar-refractivity contribution in [2.45, 2.75) is 32.9 Å². The summed E-state index contributed by atoms with van der Waals surface area (Å²) in [4.78, 5) is 0. The molecular formula is C21H19F3O2. The van der Waals surface area contributed by atoms with Gasteiger partial charge < -0.3 is 9.15 Å². The molecule has 0 aliphatic rings. The lowest BCUT2D eigenvalue weighted by Gasteiger charge is -2.17. The van der Waals surface area contributed by atoms with Crippen LogP contribution in [0.3, 0.4) is 0 Å². The van der Waals surface area contributed by atoms with Gasteiger partial charge in [-0.3, -0.25) is 0 Å². The predicted octanol–water partition coefficient (Wildman–Crippen LogP) is 7.19. The van der Waals surface area contributed by atoms with Crippen molar-refractivity contribution < 1.29 is 22.3 Å². The third-order valence-corrected chi connectivity index (χ3v) is 4.10. The number of halogens is 3. The molecule has 0 fully saturated rings. The standard InChI is InChI=1S/C21H19F3O2/c1-13(2)16-8-6-14(3)11-20(16)26-19-9-7-15(21(22,23)24)12-17(19)18-5-4-10-25-18/h4-13H,1-3H3. The van der Waals surface area contributed by atoms with E-state index in [0.29, 0.717) is 17.3 Å². The van der Waals surface area contributed by atoms with Crippen molar-refractivity contribution in [1.82, 2.24) is 0 Å². The molecule has 3 rings (SSSR count). The van der Waals surface area contributed by atoms with Gasteiger partial charge in [-0.1, -0.05) is 26.0 Å². The molecule has 0 aliphatic carbocycles. The minimum atomic E-state index is -4.44. The molecule has 26 heavy (non-hydrogen) atoms. The summed E-state index contributed by atoms with van der Waals surface area (Å²) in [7, 11) is 0. The largest absolute Gasteiger partial charge is 0.464 e. The Labute approximate surface area is 150 Å². The van der Waals surface area contributed by atoms with Crippen LogP contribution in [-0.4, -0.2) is 0 Å². The van der Waals surface area contributed by atoms with Crippen molar-refractivity contribution >= 4 is 0 Å². The van der Waals surface area contributed by atoms with Crippen LogP contribution in [0, 0.1) is 6.92 Å². The number of rotatable bonds is 4. The van der Waals surface area contributed by atoms with E-state index in [1.54, 1.807) is 12.1 Å². The van der Waals surface area contributed by atoms with Gasteiger partial charge >= 0.3 is 6.18 Å². The van der Waals surface area contributed by atoms with Gasteiger partial charge in [0.15, 0.2) is 0 Å². The van der Waals surface area contributed by atoms with E-state index in [4.69, 9.17) is 9.15 Å². The van der Waals surface area contributed by atoms with Gasteiger partial charge in [0.25, 0.3) is 0 Å². The summed E-state index contributed by atoms with van der Waals surface area (Å²) < 4.78 is 50.7. The van der Waals surface area contributed by atoms with Crippen molar-refractivity contribution in [2.24, 2.45) is 0 Å². The zero-order valence-corrected chi connectivity index (χ0v) is 14.7. The fourth-order valence-corrected chi connectivity index (χ4v) is 2.75. The Morgan fingerprint density at radius 1 is 0.962 bits per heavy atom. The number of ether oxygens (including phenoxy) is 1. The molecule has 0 radical (unpaired) electrons. The van der Waals surface area contributed by atoms with Gasteiger partial charge in [0.1, 0.15) is 17.3 Å². The van der Waals surface area contributed by atoms with Crippen LogP contribution in [0.1, 0.15) is 36.5 Å². The first-order chi connectivity index (χ1) is 12.3. The Morgan fingerprint density at radius 3 is 2.35 bits per heavy atom. The van der Waals surface area contributed by atoms with Crippen molar-refractivity contribution in [3.8, 4) is 22.8 Å². The van der Waals surface area contributed by atoms with Crippen molar-refractivity contribution in [1.29, 1.82) is 0 Å². The van der Waals surface area contributed by atoms with Crippen LogP contribution >= 0.6 is 0 Å². The fourth-order valence-electron chi connectivity index (χ4n) is 2.75. The average molecular weight is 360 g/mol. The smallest absolute Gasteiger partial charge is 0.416 e. The lowest BCUT2D eigenvalue weighted by molar-refractivity contribution is -0.137. The molecule has 0 saturated carbocycles. The quantitative estimate of drug-likeness (QED) is 0.491. The van der Waals surface area contributed by atoms with Crippen LogP contribution in [-0.2, 0) is 6.18 Å². The topological polar surface area (TPSA) is 22.4 Å². The maximum atomic E-state index is 13.1. The summed E-state index contributed by atoms with van der Waals surface area (Å²) in [6.07, 6.45) is -3.02. The second-order valence-corrected chi connectivity index (χ2v) is 6.48. The van der Waals surface area contributed by atoms with Gasteiger partial charge in [-0.15, -0.1) is 0 Å². The molecule has 0 atom stereocenters. The molecule has 2 nitrogen and oxygen atoms in total. The molecule has 0 saturated heterocycles. The Bertz CT molecular complexity index is 894. The monoisotopic (exact) mass is 360 g/mol. The first kappa shape index (κ1) is 18.1. The number of benzene rings is 2. The van der Waals surface area contributed by atoms with E-state index in [1.165, 1.54) is 12.3 Å². The van der Waals surface area contributed by atoms with Crippen molar-refractivity contribution in [2.75, 3.05) is 0 Å². The number of hydrogen-bond donors (Lipinski definition) is 0. The van der Waals surface area contributed by atoms with E-state index in [1.807, 2.05) is 39.0 Å². The van der Waals surface area contributed by atoms with Crippen LogP contribution in [0.25, 0.3) is 11.3 Å². The van der Waals surface area contributed by atoms with Crippen molar-refractivity contribution in [3.63, 3.8) is 0 Å². The normalized spacial score (nSPS) is 11.8. The Balaban J connectivity index is 2.10. The van der Waals surface area contributed by atoms with Crippen molar-refractivity contribution in [3.05, 3.63) is 71.5 Å². The Hall–Kier alpha value is -2.69. The molecule has 1 heterocycles. The van der Waals surface area contributed by atoms with E-state index in [2.05, 4.69) is 0 Å². The zero-order chi connectivity index (χ0) is 18.9. The number of alkyl halides is 3. The summed E-state index contributed by atoms with van der Waals surface area (Å²) in [6.45, 7) is 6.02. The Kier molecular flexibility index (Phi) is 4.81. The highest BCUT2D eigenvalue weighted by Gasteiger charge is 2.31. The summed E-state index contributed by atoms with van der Waals surface area (Å²) in [5, 5.41) is 0. The minimum Gasteiger partial charge on any atom is -0.464 e. The zero-order valence-electron chi connectivity index (χ0n) is 14.7. The Morgan fingerprint density at radius 2 is 1.73 bits per heavy atom. The lowest BCUT2D eigenvalue weighted by Crippen LogP contribution is -2.05. The maximum absolute atomic E-state index is 13.1. The van der Waals surface area contributed by atoms with Crippen LogP contribution in [0.15, 0.2) is 59.2 Å². The molecule has 0 spiro atoms. The number of hydrogen-bond acceptors (Lipinski definition) is 2. The van der Waals surface area contributed by atoms with E-state index in [-0.39, 0.29) is 11.5 Å². The first-order valence-corrected chi connectivity index (χ1v) is 8.29. The van der Waals surface area contributed by atoms with E-state index in [0.717, 1.165) is 23.3 Å². The average Bonchev–Trinajstić information content (AvgIpc) is 3.08. The van der Waals surface area contributed by atoms with E-state index in [9.17, 15) is 13.2 Å². The second-order valence-electron chi connectivity index (χ2n) is 6.48. The highest BCUT2D eigenvalue weighted by molar-refractivity contribution is 5.68. The second kappa shape index (κ2) is 6.90. The minimum absolute atomic E-state index is 0.215. The van der Waals surface area contributed by atoms with Gasteiger partial charge in [-0.2, -0.15) is 13.2 Å². The molecule has 0 unspecified atom stereocenters. The molecule has 0 bridgehead atoms. The molecule has 0 amide bonds. The molecule has 3 aromatic rings. The van der Waals surface area contributed by atoms with Crippen LogP contribution in [0.5, 0.6) is 11.5 Å². The molecule has 1 aromatic heterocycles. The van der Waals surface area contributed by atoms with Gasteiger partial charge in [-0.25, -0.2) is 0 Å². The lowest BCUT2D eigenvalue weighted by atomic mass is 10.0. The third kappa shape index (κ3) is 3.77. The third-order valence-electron chi connectivity index (χ3n) is 4.10. The maximum Gasteiger partial charge on any atom is 0.416 e.